The van der Waals surface area contributed by atoms with Crippen LogP contribution < -0.4 is 0 Å². The van der Waals surface area contributed by atoms with Crippen molar-refractivity contribution in [3.8, 4) is 0 Å². The Kier molecular flexibility index (Phi) is 4.81. The SMILES string of the molecule is O=C(CN1CCCCC1)N1CCC[C@@H](c2nc3ccccc3s2)C1. The molecule has 2 aliphatic heterocycles. The first-order valence-electron chi connectivity index (χ1n) is 9.15. The maximum atomic E-state index is 12.7. The molecule has 2 saturated heterocycles. The molecule has 1 aromatic heterocycles. The summed E-state index contributed by atoms with van der Waals surface area (Å²) in [6, 6.07) is 8.33. The Hall–Kier alpha value is -1.46. The summed E-state index contributed by atoms with van der Waals surface area (Å²) in [7, 11) is 0. The van der Waals surface area contributed by atoms with Crippen LogP contribution >= 0.6 is 11.3 Å². The Morgan fingerprint density at radius 2 is 1.96 bits per heavy atom. The van der Waals surface area contributed by atoms with E-state index in [1.165, 1.54) is 29.0 Å². The van der Waals surface area contributed by atoms with E-state index in [0.29, 0.717) is 18.4 Å². The lowest BCUT2D eigenvalue weighted by molar-refractivity contribution is -0.133. The smallest absolute Gasteiger partial charge is 0.236 e. The number of hydrogen-bond acceptors (Lipinski definition) is 4. The molecule has 4 nitrogen and oxygen atoms in total. The molecule has 0 N–H and O–H groups in total. The number of carbonyl (C=O) groups is 1. The highest BCUT2D eigenvalue weighted by Gasteiger charge is 2.27. The Labute approximate surface area is 147 Å². The molecule has 1 atom stereocenters. The fraction of sp³-hybridized carbons (Fsp3) is 0.579. The summed E-state index contributed by atoms with van der Waals surface area (Å²) in [5, 5.41) is 1.20. The van der Waals surface area contributed by atoms with Crippen molar-refractivity contribution in [2.45, 2.75) is 38.0 Å². The predicted octanol–water partition coefficient (Wildman–Crippen LogP) is 3.49. The van der Waals surface area contributed by atoms with Gasteiger partial charge in [0.25, 0.3) is 0 Å². The van der Waals surface area contributed by atoms with Gasteiger partial charge in [0, 0.05) is 19.0 Å². The molecular formula is C19H25N3OS. The van der Waals surface area contributed by atoms with E-state index in [1.54, 1.807) is 11.3 Å². The third kappa shape index (κ3) is 3.47. The van der Waals surface area contributed by atoms with Gasteiger partial charge in [0.2, 0.25) is 5.91 Å². The molecule has 4 rings (SSSR count). The molecule has 24 heavy (non-hydrogen) atoms. The lowest BCUT2D eigenvalue weighted by Gasteiger charge is -2.34. The first kappa shape index (κ1) is 16.0. The fourth-order valence-electron chi connectivity index (χ4n) is 3.88. The fourth-order valence-corrected chi connectivity index (χ4v) is 4.97. The molecule has 2 aliphatic rings. The second kappa shape index (κ2) is 7.19. The highest BCUT2D eigenvalue weighted by Crippen LogP contribution is 2.33. The summed E-state index contributed by atoms with van der Waals surface area (Å²) in [4.78, 5) is 21.9. The molecule has 0 bridgehead atoms. The van der Waals surface area contributed by atoms with Crippen molar-refractivity contribution in [3.63, 3.8) is 0 Å². The summed E-state index contributed by atoms with van der Waals surface area (Å²) in [5.41, 5.74) is 1.09. The zero-order valence-electron chi connectivity index (χ0n) is 14.1. The van der Waals surface area contributed by atoms with Gasteiger partial charge in [-0.25, -0.2) is 4.98 Å². The highest BCUT2D eigenvalue weighted by molar-refractivity contribution is 7.18. The Bertz CT molecular complexity index is 674. The molecule has 0 radical (unpaired) electrons. The van der Waals surface area contributed by atoms with Gasteiger partial charge in [-0.1, -0.05) is 18.6 Å². The Balaban J connectivity index is 1.42. The first-order chi connectivity index (χ1) is 11.8. The van der Waals surface area contributed by atoms with Crippen LogP contribution in [0.15, 0.2) is 24.3 Å². The van der Waals surface area contributed by atoms with Gasteiger partial charge in [0.05, 0.1) is 21.8 Å². The number of nitrogens with zero attached hydrogens (tertiary/aromatic N) is 3. The molecular weight excluding hydrogens is 318 g/mol. The second-order valence-corrected chi connectivity index (χ2v) is 8.10. The van der Waals surface area contributed by atoms with Crippen molar-refractivity contribution in [1.29, 1.82) is 0 Å². The van der Waals surface area contributed by atoms with Crippen LogP contribution in [0.3, 0.4) is 0 Å². The molecule has 0 saturated carbocycles. The maximum Gasteiger partial charge on any atom is 0.236 e. The average molecular weight is 343 g/mol. The van der Waals surface area contributed by atoms with Crippen LogP contribution in [0.2, 0.25) is 0 Å². The topological polar surface area (TPSA) is 36.4 Å². The van der Waals surface area contributed by atoms with Gasteiger partial charge in [-0.3, -0.25) is 9.69 Å². The summed E-state index contributed by atoms with van der Waals surface area (Å²) in [6.07, 6.45) is 6.02. The number of likely N-dealkylation sites (tertiary alicyclic amines) is 2. The van der Waals surface area contributed by atoms with Crippen LogP contribution in [0, 0.1) is 0 Å². The van der Waals surface area contributed by atoms with E-state index in [9.17, 15) is 4.79 Å². The van der Waals surface area contributed by atoms with Gasteiger partial charge < -0.3 is 4.90 Å². The molecule has 0 aliphatic carbocycles. The summed E-state index contributed by atoms with van der Waals surface area (Å²) in [6.45, 7) is 4.52. The zero-order valence-corrected chi connectivity index (χ0v) is 14.9. The number of amides is 1. The summed E-state index contributed by atoms with van der Waals surface area (Å²) in [5.74, 6) is 0.712. The minimum atomic E-state index is 0.308. The number of para-hydroxylation sites is 1. The number of carbonyl (C=O) groups excluding carboxylic acids is 1. The van der Waals surface area contributed by atoms with Gasteiger partial charge in [-0.05, 0) is 50.9 Å². The number of thiazole rings is 1. The number of benzene rings is 1. The minimum Gasteiger partial charge on any atom is -0.341 e. The monoisotopic (exact) mass is 343 g/mol. The van der Waals surface area contributed by atoms with Crippen molar-refractivity contribution >= 4 is 27.5 Å². The number of aromatic nitrogens is 1. The van der Waals surface area contributed by atoms with E-state index in [-0.39, 0.29) is 0 Å². The number of fused-ring (bicyclic) bond motifs is 1. The largest absolute Gasteiger partial charge is 0.341 e. The number of hydrogen-bond donors (Lipinski definition) is 0. The molecule has 1 aromatic carbocycles. The molecule has 3 heterocycles. The van der Waals surface area contributed by atoms with E-state index in [0.717, 1.165) is 44.5 Å². The van der Waals surface area contributed by atoms with Gasteiger partial charge in [0.15, 0.2) is 0 Å². The van der Waals surface area contributed by atoms with Crippen molar-refractivity contribution in [2.24, 2.45) is 0 Å². The molecule has 1 amide bonds. The maximum absolute atomic E-state index is 12.7. The third-order valence-corrected chi connectivity index (χ3v) is 6.44. The quantitative estimate of drug-likeness (QED) is 0.856. The normalized spacial score (nSPS) is 22.8. The van der Waals surface area contributed by atoms with Gasteiger partial charge in [-0.15, -0.1) is 11.3 Å². The van der Waals surface area contributed by atoms with E-state index >= 15 is 0 Å². The van der Waals surface area contributed by atoms with Crippen molar-refractivity contribution in [1.82, 2.24) is 14.8 Å². The standard InChI is InChI=1S/C19H25N3OS/c23-18(14-21-10-4-1-5-11-21)22-12-6-7-15(13-22)19-20-16-8-2-3-9-17(16)24-19/h2-3,8-9,15H,1,4-7,10-14H2/t15-/m1/s1. The van der Waals surface area contributed by atoms with Crippen molar-refractivity contribution in [2.75, 3.05) is 32.7 Å². The van der Waals surface area contributed by atoms with Gasteiger partial charge in [0.1, 0.15) is 0 Å². The van der Waals surface area contributed by atoms with Crippen LogP contribution in [-0.4, -0.2) is 53.4 Å². The van der Waals surface area contributed by atoms with E-state index in [4.69, 9.17) is 4.98 Å². The third-order valence-electron chi connectivity index (χ3n) is 5.24. The van der Waals surface area contributed by atoms with E-state index in [2.05, 4.69) is 28.0 Å². The molecule has 2 fully saturated rings. The van der Waals surface area contributed by atoms with E-state index in [1.807, 2.05) is 6.07 Å². The van der Waals surface area contributed by atoms with Crippen LogP contribution in [0.1, 0.15) is 43.0 Å². The van der Waals surface area contributed by atoms with Crippen LogP contribution in [0.25, 0.3) is 10.2 Å². The minimum absolute atomic E-state index is 0.308. The Morgan fingerprint density at radius 3 is 2.79 bits per heavy atom. The molecule has 2 aromatic rings. The van der Waals surface area contributed by atoms with Crippen LogP contribution in [0.4, 0.5) is 0 Å². The van der Waals surface area contributed by atoms with Gasteiger partial charge >= 0.3 is 0 Å². The van der Waals surface area contributed by atoms with Crippen molar-refractivity contribution in [3.05, 3.63) is 29.3 Å². The molecule has 0 spiro atoms. The first-order valence-corrected chi connectivity index (χ1v) is 9.97. The molecule has 5 heteroatoms. The van der Waals surface area contributed by atoms with Crippen LogP contribution in [-0.2, 0) is 4.79 Å². The van der Waals surface area contributed by atoms with Gasteiger partial charge in [-0.2, -0.15) is 0 Å². The zero-order chi connectivity index (χ0) is 16.4. The van der Waals surface area contributed by atoms with Crippen LogP contribution in [0.5, 0.6) is 0 Å². The lowest BCUT2D eigenvalue weighted by Crippen LogP contribution is -2.45. The lowest BCUT2D eigenvalue weighted by atomic mass is 9.98. The predicted molar refractivity (Wildman–Crippen MR) is 98.5 cm³/mol. The molecule has 128 valence electrons. The van der Waals surface area contributed by atoms with E-state index < -0.39 is 0 Å². The molecule has 0 unspecified atom stereocenters. The summed E-state index contributed by atoms with van der Waals surface area (Å²) < 4.78 is 1.25. The highest BCUT2D eigenvalue weighted by atomic mass is 32.1. The average Bonchev–Trinajstić information content (AvgIpc) is 3.07. The number of rotatable bonds is 3. The second-order valence-electron chi connectivity index (χ2n) is 7.04. The van der Waals surface area contributed by atoms with Crippen molar-refractivity contribution < 1.29 is 4.79 Å². The number of piperidine rings is 2. The summed E-state index contributed by atoms with van der Waals surface area (Å²) >= 11 is 1.79. The Morgan fingerprint density at radius 1 is 1.12 bits per heavy atom.